The van der Waals surface area contributed by atoms with E-state index in [1.165, 1.54) is 17.0 Å². The molecule has 0 saturated carbocycles. The van der Waals surface area contributed by atoms with Gasteiger partial charge in [0.25, 0.3) is 5.91 Å². The van der Waals surface area contributed by atoms with Crippen molar-refractivity contribution >= 4 is 17.5 Å². The second-order valence-electron chi connectivity index (χ2n) is 3.85. The normalized spacial score (nSPS) is 16.1. The van der Waals surface area contributed by atoms with E-state index in [9.17, 15) is 13.6 Å². The second-order valence-corrected chi connectivity index (χ2v) is 4.29. The average molecular weight is 246 g/mol. The summed E-state index contributed by atoms with van der Waals surface area (Å²) in [5, 5.41) is 0.312. The van der Waals surface area contributed by atoms with E-state index in [1.54, 1.807) is 0 Å². The van der Waals surface area contributed by atoms with E-state index < -0.39 is 18.4 Å². The molecule has 16 heavy (non-hydrogen) atoms. The molecule has 2 rings (SSSR count). The van der Waals surface area contributed by atoms with Gasteiger partial charge in [-0.05, 0) is 18.2 Å². The van der Waals surface area contributed by atoms with Crippen molar-refractivity contribution < 1.29 is 13.6 Å². The van der Waals surface area contributed by atoms with Gasteiger partial charge >= 0.3 is 0 Å². The maximum absolute atomic E-state index is 13.3. The lowest BCUT2D eigenvalue weighted by Crippen LogP contribution is -2.51. The first-order valence-corrected chi connectivity index (χ1v) is 5.30. The third-order valence-corrected chi connectivity index (χ3v) is 2.86. The van der Waals surface area contributed by atoms with Crippen LogP contribution in [0, 0.1) is 11.7 Å². The highest BCUT2D eigenvalue weighted by Gasteiger charge is 2.32. The van der Waals surface area contributed by atoms with Crippen molar-refractivity contribution in [2.24, 2.45) is 5.92 Å². The molecule has 5 heteroatoms. The van der Waals surface area contributed by atoms with Crippen LogP contribution in [-0.2, 0) is 0 Å². The predicted octanol–water partition coefficient (Wildman–Crippen LogP) is 2.52. The van der Waals surface area contributed by atoms with E-state index >= 15 is 0 Å². The highest BCUT2D eigenvalue weighted by atomic mass is 35.5. The molecule has 0 spiro atoms. The molecule has 0 bridgehead atoms. The van der Waals surface area contributed by atoms with Crippen LogP contribution in [0.1, 0.15) is 10.4 Å². The molecule has 1 aliphatic rings. The number of carbonyl (C=O) groups excluding carboxylic acids is 1. The first-order chi connectivity index (χ1) is 7.61. The average Bonchev–Trinajstić information content (AvgIpc) is 2.20. The Morgan fingerprint density at radius 2 is 2.19 bits per heavy atom. The fourth-order valence-corrected chi connectivity index (χ4v) is 1.84. The van der Waals surface area contributed by atoms with Crippen LogP contribution in [-0.4, -0.2) is 30.6 Å². The zero-order chi connectivity index (χ0) is 11.7. The molecule has 1 amide bonds. The largest absolute Gasteiger partial charge is 0.338 e. The Morgan fingerprint density at radius 1 is 1.50 bits per heavy atom. The van der Waals surface area contributed by atoms with Gasteiger partial charge in [0.2, 0.25) is 0 Å². The van der Waals surface area contributed by atoms with E-state index in [1.807, 2.05) is 0 Å². The van der Waals surface area contributed by atoms with Gasteiger partial charge in [-0.15, -0.1) is 0 Å². The maximum Gasteiger partial charge on any atom is 0.256 e. The van der Waals surface area contributed by atoms with Crippen molar-refractivity contribution in [3.8, 4) is 0 Å². The predicted molar refractivity (Wildman–Crippen MR) is 56.8 cm³/mol. The number of alkyl halides is 1. The number of carbonyl (C=O) groups is 1. The van der Waals surface area contributed by atoms with Crippen molar-refractivity contribution in [3.63, 3.8) is 0 Å². The van der Waals surface area contributed by atoms with Gasteiger partial charge in [-0.25, -0.2) is 4.39 Å². The zero-order valence-corrected chi connectivity index (χ0v) is 9.18. The van der Waals surface area contributed by atoms with Crippen molar-refractivity contribution in [1.29, 1.82) is 0 Å². The van der Waals surface area contributed by atoms with Crippen LogP contribution in [0.2, 0.25) is 5.02 Å². The minimum Gasteiger partial charge on any atom is -0.338 e. The summed E-state index contributed by atoms with van der Waals surface area (Å²) < 4.78 is 25.5. The highest BCUT2D eigenvalue weighted by Crippen LogP contribution is 2.22. The Balaban J connectivity index is 2.13. The fourth-order valence-electron chi connectivity index (χ4n) is 1.67. The maximum atomic E-state index is 13.3. The van der Waals surface area contributed by atoms with Crippen molar-refractivity contribution in [1.82, 2.24) is 4.90 Å². The van der Waals surface area contributed by atoms with Gasteiger partial charge in [0.15, 0.2) is 0 Å². The van der Waals surface area contributed by atoms with Crippen LogP contribution < -0.4 is 0 Å². The Bertz CT molecular complexity index is 418. The minimum absolute atomic E-state index is 0.0511. The quantitative estimate of drug-likeness (QED) is 0.784. The number of likely N-dealkylation sites (tertiary alicyclic amines) is 1. The van der Waals surface area contributed by atoms with E-state index in [-0.39, 0.29) is 11.5 Å². The molecule has 1 fully saturated rings. The van der Waals surface area contributed by atoms with Gasteiger partial charge in [-0.1, -0.05) is 11.6 Å². The Kier molecular flexibility index (Phi) is 3.10. The summed E-state index contributed by atoms with van der Waals surface area (Å²) >= 11 is 5.69. The SMILES string of the molecule is O=C(c1cc(Cl)ccc1F)N1CC(CF)C1. The summed E-state index contributed by atoms with van der Waals surface area (Å²) in [7, 11) is 0. The summed E-state index contributed by atoms with van der Waals surface area (Å²) in [4.78, 5) is 13.2. The summed E-state index contributed by atoms with van der Waals surface area (Å²) in [6.07, 6.45) is 0. The summed E-state index contributed by atoms with van der Waals surface area (Å²) in [6.45, 7) is 0.254. The van der Waals surface area contributed by atoms with Crippen LogP contribution in [0.4, 0.5) is 8.78 Å². The van der Waals surface area contributed by atoms with Gasteiger partial charge in [0, 0.05) is 24.0 Å². The third-order valence-electron chi connectivity index (χ3n) is 2.62. The van der Waals surface area contributed by atoms with Gasteiger partial charge in [-0.3, -0.25) is 9.18 Å². The van der Waals surface area contributed by atoms with Crippen LogP contribution in [0.5, 0.6) is 0 Å². The van der Waals surface area contributed by atoms with E-state index in [0.717, 1.165) is 6.07 Å². The molecule has 1 saturated heterocycles. The summed E-state index contributed by atoms with van der Waals surface area (Å²) in [5.41, 5.74) is -0.0511. The number of amides is 1. The summed E-state index contributed by atoms with van der Waals surface area (Å²) in [6, 6.07) is 3.83. The monoisotopic (exact) mass is 245 g/mol. The first-order valence-electron chi connectivity index (χ1n) is 4.92. The summed E-state index contributed by atoms with van der Waals surface area (Å²) in [5.74, 6) is -1.13. The fraction of sp³-hybridized carbons (Fsp3) is 0.364. The number of nitrogens with zero attached hydrogens (tertiary/aromatic N) is 1. The van der Waals surface area contributed by atoms with E-state index in [4.69, 9.17) is 11.6 Å². The Hall–Kier alpha value is -1.16. The lowest BCUT2D eigenvalue weighted by molar-refractivity contribution is 0.0448. The molecule has 0 aliphatic carbocycles. The lowest BCUT2D eigenvalue weighted by Gasteiger charge is -2.37. The highest BCUT2D eigenvalue weighted by molar-refractivity contribution is 6.31. The van der Waals surface area contributed by atoms with Gasteiger partial charge < -0.3 is 4.90 Å². The molecular weight excluding hydrogens is 236 g/mol. The van der Waals surface area contributed by atoms with Gasteiger partial charge in [0.1, 0.15) is 5.82 Å². The second kappa shape index (κ2) is 4.37. The molecule has 1 aromatic rings. The van der Waals surface area contributed by atoms with Crippen LogP contribution in [0.25, 0.3) is 0 Å². The molecule has 0 atom stereocenters. The Labute approximate surface area is 96.8 Å². The molecule has 0 radical (unpaired) electrons. The first kappa shape index (κ1) is 11.3. The molecule has 1 aliphatic heterocycles. The van der Waals surface area contributed by atoms with Crippen molar-refractivity contribution in [2.45, 2.75) is 0 Å². The molecule has 0 N–H and O–H groups in total. The smallest absolute Gasteiger partial charge is 0.256 e. The van der Waals surface area contributed by atoms with Crippen LogP contribution >= 0.6 is 11.6 Å². The number of rotatable bonds is 2. The number of benzene rings is 1. The third kappa shape index (κ3) is 2.02. The molecule has 1 heterocycles. The standard InChI is InChI=1S/C11H10ClF2NO/c12-8-1-2-10(14)9(3-8)11(16)15-5-7(4-13)6-15/h1-3,7H,4-6H2. The van der Waals surface area contributed by atoms with Gasteiger partial charge in [-0.2, -0.15) is 0 Å². The van der Waals surface area contributed by atoms with Gasteiger partial charge in [0.05, 0.1) is 12.2 Å². The van der Waals surface area contributed by atoms with E-state index in [2.05, 4.69) is 0 Å². The molecule has 1 aromatic carbocycles. The molecule has 0 aromatic heterocycles. The molecule has 0 unspecified atom stereocenters. The van der Waals surface area contributed by atoms with Crippen molar-refractivity contribution in [3.05, 3.63) is 34.6 Å². The minimum atomic E-state index is -0.599. The van der Waals surface area contributed by atoms with Crippen LogP contribution in [0.3, 0.4) is 0 Å². The molecule has 86 valence electrons. The lowest BCUT2D eigenvalue weighted by atomic mass is 10.0. The van der Waals surface area contributed by atoms with Crippen molar-refractivity contribution in [2.75, 3.05) is 19.8 Å². The zero-order valence-electron chi connectivity index (χ0n) is 8.42. The van der Waals surface area contributed by atoms with E-state index in [0.29, 0.717) is 18.1 Å². The topological polar surface area (TPSA) is 20.3 Å². The number of halogens is 3. The molecule has 2 nitrogen and oxygen atoms in total. The van der Waals surface area contributed by atoms with Crippen LogP contribution in [0.15, 0.2) is 18.2 Å². The Morgan fingerprint density at radius 3 is 2.81 bits per heavy atom. The number of hydrogen-bond donors (Lipinski definition) is 0. The molecular formula is C11H10ClF2NO. The number of hydrogen-bond acceptors (Lipinski definition) is 1.